The van der Waals surface area contributed by atoms with Gasteiger partial charge in [0.2, 0.25) is 15.8 Å². The Morgan fingerprint density at radius 2 is 2.04 bits per heavy atom. The van der Waals surface area contributed by atoms with Gasteiger partial charge >= 0.3 is 0 Å². The van der Waals surface area contributed by atoms with Crippen LogP contribution >= 0.6 is 11.3 Å². The summed E-state index contributed by atoms with van der Waals surface area (Å²) in [7, 11) is -4.28. The number of hydrogen-bond donors (Lipinski definition) is 1. The predicted octanol–water partition coefficient (Wildman–Crippen LogP) is 3.50. The Hall–Kier alpha value is -2.24. The van der Waals surface area contributed by atoms with Crippen LogP contribution in [0, 0.1) is 12.7 Å². The third-order valence-corrected chi connectivity index (χ3v) is 5.18. The van der Waals surface area contributed by atoms with Gasteiger partial charge in [0.25, 0.3) is 6.43 Å². The molecule has 6 nitrogen and oxygen atoms in total. The van der Waals surface area contributed by atoms with Crippen LogP contribution in [0.1, 0.15) is 17.9 Å². The van der Waals surface area contributed by atoms with Crippen molar-refractivity contribution in [1.29, 1.82) is 0 Å². The summed E-state index contributed by atoms with van der Waals surface area (Å²) in [6, 6.07) is 2.85. The summed E-state index contributed by atoms with van der Waals surface area (Å²) in [4.78, 5) is 3.42. The first-order valence-corrected chi connectivity index (χ1v) is 9.14. The van der Waals surface area contributed by atoms with E-state index in [0.29, 0.717) is 10.7 Å². The smallest absolute Gasteiger partial charge is 0.298 e. The fraction of sp³-hybridized carbons (Fsp3) is 0.143. The molecule has 2 aromatic heterocycles. The SMILES string of the molecule is Cc1csc(-c2noc(C(F)F)c2-c2ccc(S(N)(=O)=O)c(F)c2)n1. The van der Waals surface area contributed by atoms with E-state index in [4.69, 9.17) is 9.66 Å². The second-order valence-corrected chi connectivity index (χ2v) is 7.44. The van der Waals surface area contributed by atoms with E-state index in [1.807, 2.05) is 0 Å². The summed E-state index contributed by atoms with van der Waals surface area (Å²) in [5, 5.41) is 10.5. The summed E-state index contributed by atoms with van der Waals surface area (Å²) in [5.74, 6) is -1.92. The van der Waals surface area contributed by atoms with Crippen LogP contribution < -0.4 is 5.14 Å². The van der Waals surface area contributed by atoms with Gasteiger partial charge in [-0.25, -0.2) is 31.7 Å². The van der Waals surface area contributed by atoms with Gasteiger partial charge < -0.3 is 4.52 Å². The lowest BCUT2D eigenvalue weighted by molar-refractivity contribution is 0.113. The summed E-state index contributed by atoms with van der Waals surface area (Å²) >= 11 is 1.16. The number of thiazole rings is 1. The van der Waals surface area contributed by atoms with Gasteiger partial charge in [0, 0.05) is 11.1 Å². The molecule has 0 aliphatic heterocycles. The number of rotatable bonds is 4. The Morgan fingerprint density at radius 3 is 2.56 bits per heavy atom. The van der Waals surface area contributed by atoms with E-state index in [9.17, 15) is 21.6 Å². The molecule has 0 amide bonds. The third-order valence-electron chi connectivity index (χ3n) is 3.27. The van der Waals surface area contributed by atoms with E-state index in [2.05, 4.69) is 10.1 Å². The Labute approximate surface area is 144 Å². The molecule has 11 heteroatoms. The molecule has 0 aliphatic carbocycles. The lowest BCUT2D eigenvalue weighted by Crippen LogP contribution is -2.14. The topological polar surface area (TPSA) is 99.1 Å². The Morgan fingerprint density at radius 1 is 1.32 bits per heavy atom. The molecular formula is C14H10F3N3O3S2. The van der Waals surface area contributed by atoms with Crippen LogP contribution in [0.3, 0.4) is 0 Å². The molecule has 0 fully saturated rings. The number of nitrogens with two attached hydrogens (primary N) is 1. The van der Waals surface area contributed by atoms with Crippen molar-refractivity contribution in [2.45, 2.75) is 18.2 Å². The zero-order valence-corrected chi connectivity index (χ0v) is 14.2. The fourth-order valence-corrected chi connectivity index (χ4v) is 3.60. The molecule has 0 bridgehead atoms. The van der Waals surface area contributed by atoms with Crippen LogP contribution in [-0.4, -0.2) is 18.6 Å². The molecule has 3 rings (SSSR count). The predicted molar refractivity (Wildman–Crippen MR) is 84.1 cm³/mol. The minimum atomic E-state index is -4.28. The number of alkyl halides is 2. The van der Waals surface area contributed by atoms with Crippen LogP contribution in [0.25, 0.3) is 21.8 Å². The number of hydrogen-bond acceptors (Lipinski definition) is 6. The van der Waals surface area contributed by atoms with E-state index < -0.39 is 32.9 Å². The van der Waals surface area contributed by atoms with Crippen molar-refractivity contribution < 1.29 is 26.1 Å². The first-order valence-electron chi connectivity index (χ1n) is 6.71. The fourth-order valence-electron chi connectivity index (χ4n) is 2.23. The minimum absolute atomic E-state index is 0.0238. The van der Waals surface area contributed by atoms with Gasteiger partial charge in [-0.1, -0.05) is 11.2 Å². The van der Waals surface area contributed by atoms with Gasteiger partial charge in [0.15, 0.2) is 5.69 Å². The average molecular weight is 389 g/mol. The maximum absolute atomic E-state index is 14.1. The molecule has 132 valence electrons. The lowest BCUT2D eigenvalue weighted by atomic mass is 10.0. The van der Waals surface area contributed by atoms with Gasteiger partial charge in [-0.15, -0.1) is 11.3 Å². The number of benzene rings is 1. The molecule has 0 saturated carbocycles. The van der Waals surface area contributed by atoms with Gasteiger partial charge in [0.1, 0.15) is 15.7 Å². The van der Waals surface area contributed by atoms with E-state index in [1.54, 1.807) is 12.3 Å². The molecule has 0 radical (unpaired) electrons. The molecule has 0 saturated heterocycles. The molecule has 0 unspecified atom stereocenters. The molecule has 0 spiro atoms. The minimum Gasteiger partial charge on any atom is -0.354 e. The highest BCUT2D eigenvalue weighted by molar-refractivity contribution is 7.89. The number of aryl methyl sites for hydroxylation is 1. The lowest BCUT2D eigenvalue weighted by Gasteiger charge is -2.06. The Bertz CT molecular complexity index is 1040. The van der Waals surface area contributed by atoms with Crippen molar-refractivity contribution in [3.8, 4) is 21.8 Å². The number of aromatic nitrogens is 2. The maximum Gasteiger partial charge on any atom is 0.298 e. The number of sulfonamides is 1. The zero-order chi connectivity index (χ0) is 18.4. The summed E-state index contributed by atoms with van der Waals surface area (Å²) in [5.41, 5.74) is 0.507. The first-order chi connectivity index (χ1) is 11.7. The van der Waals surface area contributed by atoms with Crippen molar-refractivity contribution in [3.05, 3.63) is 40.9 Å². The Kier molecular flexibility index (Phi) is 4.39. The highest BCUT2D eigenvalue weighted by Gasteiger charge is 2.28. The van der Waals surface area contributed by atoms with E-state index >= 15 is 0 Å². The van der Waals surface area contributed by atoms with E-state index in [-0.39, 0.29) is 16.8 Å². The van der Waals surface area contributed by atoms with E-state index in [0.717, 1.165) is 29.5 Å². The van der Waals surface area contributed by atoms with Gasteiger partial charge in [-0.2, -0.15) is 0 Å². The quantitative estimate of drug-likeness (QED) is 0.736. The van der Waals surface area contributed by atoms with Crippen molar-refractivity contribution in [3.63, 3.8) is 0 Å². The largest absolute Gasteiger partial charge is 0.354 e. The highest BCUT2D eigenvalue weighted by atomic mass is 32.2. The van der Waals surface area contributed by atoms with Gasteiger partial charge in [0.05, 0.1) is 5.56 Å². The highest BCUT2D eigenvalue weighted by Crippen LogP contribution is 2.40. The van der Waals surface area contributed by atoms with Crippen molar-refractivity contribution >= 4 is 21.4 Å². The van der Waals surface area contributed by atoms with Crippen LogP contribution in [0.15, 0.2) is 33.0 Å². The van der Waals surface area contributed by atoms with Crippen molar-refractivity contribution in [2.75, 3.05) is 0 Å². The van der Waals surface area contributed by atoms with Crippen molar-refractivity contribution in [2.24, 2.45) is 5.14 Å². The second kappa shape index (κ2) is 6.24. The third kappa shape index (κ3) is 3.30. The van der Waals surface area contributed by atoms with Crippen LogP contribution in [0.2, 0.25) is 0 Å². The van der Waals surface area contributed by atoms with Crippen molar-refractivity contribution in [1.82, 2.24) is 10.1 Å². The maximum atomic E-state index is 14.1. The van der Waals surface area contributed by atoms with Crippen LogP contribution in [0.4, 0.5) is 13.2 Å². The molecule has 2 N–H and O–H groups in total. The van der Waals surface area contributed by atoms with Gasteiger partial charge in [-0.3, -0.25) is 0 Å². The normalized spacial score (nSPS) is 12.1. The molecule has 3 aromatic rings. The number of primary sulfonamides is 1. The standard InChI is InChI=1S/C14H10F3N3O3S2/c1-6-5-24-14(19-6)11-10(12(13(16)17)23-20-11)7-2-3-9(8(15)4-7)25(18,21)22/h2-5,13H,1H3,(H2,18,21,22). The molecular weight excluding hydrogens is 379 g/mol. The molecule has 25 heavy (non-hydrogen) atoms. The molecule has 0 atom stereocenters. The number of nitrogens with zero attached hydrogens (tertiary/aromatic N) is 2. The number of halogens is 3. The summed E-state index contributed by atoms with van der Waals surface area (Å²) < 4.78 is 67.9. The second-order valence-electron chi connectivity index (χ2n) is 5.06. The van der Waals surface area contributed by atoms with Crippen LogP contribution in [0.5, 0.6) is 0 Å². The van der Waals surface area contributed by atoms with Gasteiger partial charge in [-0.05, 0) is 24.6 Å². The molecule has 0 aliphatic rings. The summed E-state index contributed by atoms with van der Waals surface area (Å²) in [6.45, 7) is 1.72. The first kappa shape index (κ1) is 17.6. The molecule has 2 heterocycles. The average Bonchev–Trinajstić information content (AvgIpc) is 3.11. The zero-order valence-electron chi connectivity index (χ0n) is 12.5. The Balaban J connectivity index is 2.22. The molecule has 1 aromatic carbocycles. The van der Waals surface area contributed by atoms with E-state index in [1.165, 1.54) is 0 Å². The van der Waals surface area contributed by atoms with Crippen LogP contribution in [-0.2, 0) is 10.0 Å². The summed E-state index contributed by atoms with van der Waals surface area (Å²) in [6.07, 6.45) is -3.00. The monoisotopic (exact) mass is 389 g/mol.